The maximum Gasteiger partial charge on any atom is 0.123 e. The summed E-state index contributed by atoms with van der Waals surface area (Å²) in [5.74, 6) is 0.0609. The fraction of sp³-hybridized carbons (Fsp3) is 0.462. The molecule has 0 heterocycles. The second-order valence-corrected chi connectivity index (χ2v) is 4.21. The van der Waals surface area contributed by atoms with Gasteiger partial charge in [0.15, 0.2) is 0 Å². The summed E-state index contributed by atoms with van der Waals surface area (Å²) >= 11 is 0. The normalized spacial score (nSPS) is 18.7. The first-order valence-electron chi connectivity index (χ1n) is 5.46. The fourth-order valence-electron chi connectivity index (χ4n) is 2.44. The van der Waals surface area contributed by atoms with E-state index in [1.807, 2.05) is 6.07 Å². The Morgan fingerprint density at radius 3 is 2.67 bits per heavy atom. The lowest BCUT2D eigenvalue weighted by atomic mass is 9.86. The molecule has 15 heavy (non-hydrogen) atoms. The summed E-state index contributed by atoms with van der Waals surface area (Å²) in [6.07, 6.45) is 4.62. The summed E-state index contributed by atoms with van der Waals surface area (Å²) in [6.45, 7) is 0. The summed E-state index contributed by atoms with van der Waals surface area (Å²) < 4.78 is 13.0. The highest BCUT2D eigenvalue weighted by Gasteiger charge is 2.26. The van der Waals surface area contributed by atoms with Crippen molar-refractivity contribution in [3.05, 3.63) is 35.6 Å². The third-order valence-corrected chi connectivity index (χ3v) is 3.22. The van der Waals surface area contributed by atoms with Crippen LogP contribution in [-0.4, -0.2) is 0 Å². The maximum atomic E-state index is 13.0. The smallest absolute Gasteiger partial charge is 0.123 e. The number of nitriles is 1. The predicted molar refractivity (Wildman–Crippen MR) is 56.7 cm³/mol. The second kappa shape index (κ2) is 4.44. The molecular weight excluding hydrogens is 189 g/mol. The molecule has 1 unspecified atom stereocenters. The van der Waals surface area contributed by atoms with Gasteiger partial charge in [-0.05, 0) is 36.5 Å². The standard InChI is InChI=1S/C13H14FN/c14-12-7-3-6-11(8-12)13(9-15)10-4-1-2-5-10/h3,6-8,10,13H,1-2,4-5H2. The Morgan fingerprint density at radius 1 is 1.33 bits per heavy atom. The molecule has 0 spiro atoms. The van der Waals surface area contributed by atoms with Gasteiger partial charge in [-0.3, -0.25) is 0 Å². The zero-order valence-electron chi connectivity index (χ0n) is 8.62. The number of rotatable bonds is 2. The van der Waals surface area contributed by atoms with E-state index in [9.17, 15) is 4.39 Å². The van der Waals surface area contributed by atoms with Crippen molar-refractivity contribution in [2.24, 2.45) is 5.92 Å². The van der Waals surface area contributed by atoms with Crippen molar-refractivity contribution in [3.8, 4) is 6.07 Å². The first-order valence-corrected chi connectivity index (χ1v) is 5.46. The van der Waals surface area contributed by atoms with E-state index in [4.69, 9.17) is 5.26 Å². The lowest BCUT2D eigenvalue weighted by Crippen LogP contribution is -2.07. The zero-order chi connectivity index (χ0) is 10.7. The van der Waals surface area contributed by atoms with Crippen LogP contribution in [0.25, 0.3) is 0 Å². The second-order valence-electron chi connectivity index (χ2n) is 4.21. The van der Waals surface area contributed by atoms with Crippen molar-refractivity contribution >= 4 is 0 Å². The Labute approximate surface area is 89.5 Å². The van der Waals surface area contributed by atoms with E-state index in [1.54, 1.807) is 6.07 Å². The van der Waals surface area contributed by atoms with E-state index in [1.165, 1.54) is 25.0 Å². The molecular formula is C13H14FN. The molecule has 0 radical (unpaired) electrons. The number of benzene rings is 1. The Morgan fingerprint density at radius 2 is 2.07 bits per heavy atom. The first kappa shape index (κ1) is 10.2. The topological polar surface area (TPSA) is 23.8 Å². The molecule has 0 aromatic heterocycles. The first-order chi connectivity index (χ1) is 7.31. The van der Waals surface area contributed by atoms with Gasteiger partial charge in [-0.15, -0.1) is 0 Å². The molecule has 0 N–H and O–H groups in total. The molecule has 1 atom stereocenters. The minimum Gasteiger partial charge on any atom is -0.207 e. The molecule has 2 rings (SSSR count). The van der Waals surface area contributed by atoms with Crippen LogP contribution in [0.1, 0.15) is 37.2 Å². The summed E-state index contributed by atoms with van der Waals surface area (Å²) in [5, 5.41) is 9.16. The van der Waals surface area contributed by atoms with Gasteiger partial charge in [-0.25, -0.2) is 4.39 Å². The van der Waals surface area contributed by atoms with Crippen LogP contribution in [0.2, 0.25) is 0 Å². The Hall–Kier alpha value is -1.36. The van der Waals surface area contributed by atoms with Crippen molar-refractivity contribution in [3.63, 3.8) is 0 Å². The highest BCUT2D eigenvalue weighted by atomic mass is 19.1. The van der Waals surface area contributed by atoms with Crippen molar-refractivity contribution in [2.45, 2.75) is 31.6 Å². The molecule has 1 aliphatic carbocycles. The number of nitrogens with zero attached hydrogens (tertiary/aromatic N) is 1. The van der Waals surface area contributed by atoms with Crippen molar-refractivity contribution in [2.75, 3.05) is 0 Å². The molecule has 0 amide bonds. The molecule has 78 valence electrons. The van der Waals surface area contributed by atoms with Gasteiger partial charge >= 0.3 is 0 Å². The number of hydrogen-bond acceptors (Lipinski definition) is 1. The molecule has 1 aromatic rings. The monoisotopic (exact) mass is 203 g/mol. The highest BCUT2D eigenvalue weighted by molar-refractivity contribution is 5.26. The van der Waals surface area contributed by atoms with E-state index >= 15 is 0 Å². The number of hydrogen-bond donors (Lipinski definition) is 0. The van der Waals surface area contributed by atoms with Crippen LogP contribution in [0.15, 0.2) is 24.3 Å². The Bertz CT molecular complexity index is 374. The van der Waals surface area contributed by atoms with Crippen LogP contribution in [0.5, 0.6) is 0 Å². The molecule has 0 aliphatic heterocycles. The van der Waals surface area contributed by atoms with E-state index in [0.29, 0.717) is 5.92 Å². The highest BCUT2D eigenvalue weighted by Crippen LogP contribution is 2.36. The van der Waals surface area contributed by atoms with E-state index in [0.717, 1.165) is 18.4 Å². The van der Waals surface area contributed by atoms with E-state index in [-0.39, 0.29) is 11.7 Å². The molecule has 0 bridgehead atoms. The van der Waals surface area contributed by atoms with Crippen LogP contribution in [0, 0.1) is 23.1 Å². The van der Waals surface area contributed by atoms with Crippen molar-refractivity contribution in [1.82, 2.24) is 0 Å². The SMILES string of the molecule is N#CC(c1cccc(F)c1)C1CCCC1. The minimum absolute atomic E-state index is 0.122. The molecule has 2 heteroatoms. The third kappa shape index (κ3) is 2.18. The quantitative estimate of drug-likeness (QED) is 0.720. The van der Waals surface area contributed by atoms with Crippen molar-refractivity contribution in [1.29, 1.82) is 5.26 Å². The van der Waals surface area contributed by atoms with Gasteiger partial charge in [0.2, 0.25) is 0 Å². The van der Waals surface area contributed by atoms with Gasteiger partial charge in [0, 0.05) is 0 Å². The average Bonchev–Trinajstić information content (AvgIpc) is 2.72. The van der Waals surface area contributed by atoms with Crippen LogP contribution < -0.4 is 0 Å². The Balaban J connectivity index is 2.23. The zero-order valence-corrected chi connectivity index (χ0v) is 8.62. The summed E-state index contributed by atoms with van der Waals surface area (Å²) in [7, 11) is 0. The maximum absolute atomic E-state index is 13.0. The summed E-state index contributed by atoms with van der Waals surface area (Å²) in [5.41, 5.74) is 0.837. The predicted octanol–water partition coefficient (Wildman–Crippen LogP) is 3.62. The summed E-state index contributed by atoms with van der Waals surface area (Å²) in [4.78, 5) is 0. The van der Waals surface area contributed by atoms with E-state index in [2.05, 4.69) is 6.07 Å². The lowest BCUT2D eigenvalue weighted by Gasteiger charge is -2.16. The minimum atomic E-state index is -0.245. The van der Waals surface area contributed by atoms with Crippen LogP contribution in [0.4, 0.5) is 4.39 Å². The van der Waals surface area contributed by atoms with Crippen molar-refractivity contribution < 1.29 is 4.39 Å². The van der Waals surface area contributed by atoms with Crippen LogP contribution >= 0.6 is 0 Å². The van der Waals surface area contributed by atoms with Gasteiger partial charge in [0.25, 0.3) is 0 Å². The van der Waals surface area contributed by atoms with Crippen LogP contribution in [-0.2, 0) is 0 Å². The van der Waals surface area contributed by atoms with Crippen LogP contribution in [0.3, 0.4) is 0 Å². The summed E-state index contributed by atoms with van der Waals surface area (Å²) in [6, 6.07) is 8.78. The molecule has 1 aromatic carbocycles. The van der Waals surface area contributed by atoms with Gasteiger partial charge in [-0.1, -0.05) is 25.0 Å². The van der Waals surface area contributed by atoms with Gasteiger partial charge in [0.1, 0.15) is 5.82 Å². The lowest BCUT2D eigenvalue weighted by molar-refractivity contribution is 0.498. The Kier molecular flexibility index (Phi) is 3.01. The molecule has 0 saturated heterocycles. The molecule has 1 nitrogen and oxygen atoms in total. The van der Waals surface area contributed by atoms with Gasteiger partial charge in [0.05, 0.1) is 12.0 Å². The number of halogens is 1. The van der Waals surface area contributed by atoms with Gasteiger partial charge < -0.3 is 0 Å². The van der Waals surface area contributed by atoms with E-state index < -0.39 is 0 Å². The molecule has 1 fully saturated rings. The largest absolute Gasteiger partial charge is 0.207 e. The fourth-order valence-corrected chi connectivity index (χ4v) is 2.44. The average molecular weight is 203 g/mol. The molecule has 1 aliphatic rings. The third-order valence-electron chi connectivity index (χ3n) is 3.22. The van der Waals surface area contributed by atoms with Gasteiger partial charge in [-0.2, -0.15) is 5.26 Å². The molecule has 1 saturated carbocycles.